The van der Waals surface area contributed by atoms with Gasteiger partial charge in [-0.05, 0) is 31.9 Å². The highest BCUT2D eigenvalue weighted by Gasteiger charge is 2.22. The first-order valence-electron chi connectivity index (χ1n) is 8.60. The molecule has 0 aromatic heterocycles. The number of urea groups is 1. The molecule has 27 heavy (non-hydrogen) atoms. The zero-order valence-electron chi connectivity index (χ0n) is 14.8. The van der Waals surface area contributed by atoms with Crippen molar-refractivity contribution in [1.82, 2.24) is 10.6 Å². The zero-order valence-corrected chi connectivity index (χ0v) is 14.8. The molecule has 1 saturated carbocycles. The Bertz CT molecular complexity index is 755. The Labute approximate surface area is 155 Å². The van der Waals surface area contributed by atoms with Gasteiger partial charge in [0.15, 0.2) is 6.10 Å². The third kappa shape index (κ3) is 6.21. The van der Waals surface area contributed by atoms with Gasteiger partial charge in [0.2, 0.25) is 0 Å². The second-order valence-electron chi connectivity index (χ2n) is 6.17. The summed E-state index contributed by atoms with van der Waals surface area (Å²) in [5.41, 5.74) is 0.0726. The summed E-state index contributed by atoms with van der Waals surface area (Å²) in [5.74, 6) is -1.61. The van der Waals surface area contributed by atoms with E-state index in [1.807, 2.05) is 0 Å². The van der Waals surface area contributed by atoms with Crippen LogP contribution < -0.4 is 10.6 Å². The van der Waals surface area contributed by atoms with Crippen molar-refractivity contribution in [2.45, 2.75) is 44.8 Å². The minimum absolute atomic E-state index is 0.0558. The quantitative estimate of drug-likeness (QED) is 0.340. The number of ether oxygens (including phenoxy) is 1. The van der Waals surface area contributed by atoms with Crippen molar-refractivity contribution in [2.24, 2.45) is 0 Å². The highest BCUT2D eigenvalue weighted by Crippen LogP contribution is 2.19. The molecular formula is C18H21N3O6. The van der Waals surface area contributed by atoms with E-state index in [1.54, 1.807) is 6.07 Å². The molecule has 3 amide bonds. The number of para-hydroxylation sites is 1. The van der Waals surface area contributed by atoms with Gasteiger partial charge in [-0.25, -0.2) is 9.59 Å². The maximum absolute atomic E-state index is 11.9. The molecule has 0 saturated heterocycles. The summed E-state index contributed by atoms with van der Waals surface area (Å²) in [4.78, 5) is 45.8. The van der Waals surface area contributed by atoms with Crippen LogP contribution in [0, 0.1) is 10.1 Å². The second-order valence-corrected chi connectivity index (χ2v) is 6.17. The number of hydrogen-bond donors (Lipinski definition) is 2. The summed E-state index contributed by atoms with van der Waals surface area (Å²) in [6.45, 7) is 1.33. The standard InChI is InChI=1S/C18H21N3O6/c1-12(17(23)20-18(24)19-14-7-3-4-8-14)27-16(22)11-10-13-6-2-5-9-15(13)21(25)26/h2,5-6,9-12,14H,3-4,7-8H2,1H3,(H2,19,20,23,24)/b11-10+. The van der Waals surface area contributed by atoms with E-state index in [0.717, 1.165) is 31.8 Å². The van der Waals surface area contributed by atoms with E-state index >= 15 is 0 Å². The molecule has 0 aliphatic heterocycles. The second kappa shape index (κ2) is 9.46. The first-order chi connectivity index (χ1) is 12.9. The van der Waals surface area contributed by atoms with Gasteiger partial charge in [-0.1, -0.05) is 25.0 Å². The van der Waals surface area contributed by atoms with Crippen LogP contribution in [0.1, 0.15) is 38.2 Å². The van der Waals surface area contributed by atoms with E-state index < -0.39 is 28.9 Å². The number of esters is 1. The smallest absolute Gasteiger partial charge is 0.331 e. The first kappa shape index (κ1) is 20.1. The molecule has 0 heterocycles. The lowest BCUT2D eigenvalue weighted by Crippen LogP contribution is -2.47. The lowest BCUT2D eigenvalue weighted by atomic mass is 10.1. The van der Waals surface area contributed by atoms with Crippen LogP contribution in [0.15, 0.2) is 30.3 Å². The van der Waals surface area contributed by atoms with E-state index in [-0.39, 0.29) is 17.3 Å². The molecule has 1 aliphatic rings. The maximum atomic E-state index is 11.9. The molecule has 1 aromatic carbocycles. The summed E-state index contributed by atoms with van der Waals surface area (Å²) in [7, 11) is 0. The number of benzene rings is 1. The van der Waals surface area contributed by atoms with E-state index in [0.29, 0.717) is 0 Å². The molecule has 2 N–H and O–H groups in total. The SMILES string of the molecule is CC(OC(=O)/C=C/c1ccccc1[N+](=O)[O-])C(=O)NC(=O)NC1CCCC1. The zero-order chi connectivity index (χ0) is 19.8. The number of carbonyl (C=O) groups excluding carboxylic acids is 3. The molecule has 0 bridgehead atoms. The van der Waals surface area contributed by atoms with Gasteiger partial charge >= 0.3 is 12.0 Å². The van der Waals surface area contributed by atoms with E-state index in [2.05, 4.69) is 10.6 Å². The molecule has 0 spiro atoms. The highest BCUT2D eigenvalue weighted by atomic mass is 16.6. The molecule has 1 fully saturated rings. The number of nitrogens with one attached hydrogen (secondary N) is 2. The van der Waals surface area contributed by atoms with Gasteiger partial charge in [0.05, 0.1) is 10.5 Å². The molecule has 2 rings (SSSR count). The number of nitro groups is 1. The summed E-state index contributed by atoms with van der Waals surface area (Å²) in [6.07, 6.45) is 4.87. The van der Waals surface area contributed by atoms with Crippen molar-refractivity contribution in [2.75, 3.05) is 0 Å². The molecule has 1 aliphatic carbocycles. The Kier molecular flexibility index (Phi) is 7.04. The van der Waals surface area contributed by atoms with Gasteiger partial charge in [0.1, 0.15) is 0 Å². The number of imide groups is 1. The Morgan fingerprint density at radius 2 is 1.93 bits per heavy atom. The van der Waals surface area contributed by atoms with Crippen LogP contribution in [0.25, 0.3) is 6.08 Å². The summed E-state index contributed by atoms with van der Waals surface area (Å²) >= 11 is 0. The van der Waals surface area contributed by atoms with Crippen LogP contribution in [-0.4, -0.2) is 35.0 Å². The highest BCUT2D eigenvalue weighted by molar-refractivity contribution is 5.98. The van der Waals surface area contributed by atoms with Crippen molar-refractivity contribution in [3.8, 4) is 0 Å². The van der Waals surface area contributed by atoms with Gasteiger partial charge in [-0.3, -0.25) is 20.2 Å². The molecule has 9 nitrogen and oxygen atoms in total. The fraction of sp³-hybridized carbons (Fsp3) is 0.389. The number of nitrogens with zero attached hydrogens (tertiary/aromatic N) is 1. The monoisotopic (exact) mass is 375 g/mol. The third-order valence-electron chi connectivity index (χ3n) is 4.12. The minimum atomic E-state index is -1.19. The molecular weight excluding hydrogens is 354 g/mol. The molecule has 0 radical (unpaired) electrons. The fourth-order valence-corrected chi connectivity index (χ4v) is 2.72. The van der Waals surface area contributed by atoms with E-state index in [1.165, 1.54) is 31.2 Å². The van der Waals surface area contributed by atoms with Gasteiger partial charge in [-0.2, -0.15) is 0 Å². The summed E-state index contributed by atoms with van der Waals surface area (Å²) in [6, 6.07) is 5.33. The van der Waals surface area contributed by atoms with Gasteiger partial charge in [0.25, 0.3) is 11.6 Å². The Hall–Kier alpha value is -3.23. The lowest BCUT2D eigenvalue weighted by molar-refractivity contribution is -0.385. The average molecular weight is 375 g/mol. The molecule has 9 heteroatoms. The van der Waals surface area contributed by atoms with Crippen LogP contribution in [0.2, 0.25) is 0 Å². The number of rotatable bonds is 6. The summed E-state index contributed by atoms with van der Waals surface area (Å²) in [5, 5.41) is 15.7. The predicted octanol–water partition coefficient (Wildman–Crippen LogP) is 2.31. The Morgan fingerprint density at radius 1 is 1.26 bits per heavy atom. The van der Waals surface area contributed by atoms with Crippen LogP contribution in [0.5, 0.6) is 0 Å². The number of nitro benzene ring substituents is 1. The van der Waals surface area contributed by atoms with Crippen molar-refractivity contribution in [3.63, 3.8) is 0 Å². The molecule has 144 valence electrons. The summed E-state index contributed by atoms with van der Waals surface area (Å²) < 4.78 is 4.92. The Morgan fingerprint density at radius 3 is 2.59 bits per heavy atom. The van der Waals surface area contributed by atoms with Crippen LogP contribution in [0.3, 0.4) is 0 Å². The molecule has 1 unspecified atom stereocenters. The number of amides is 3. The fourth-order valence-electron chi connectivity index (χ4n) is 2.72. The van der Waals surface area contributed by atoms with Crippen molar-refractivity contribution >= 4 is 29.7 Å². The molecule has 1 atom stereocenters. The largest absolute Gasteiger partial charge is 0.449 e. The van der Waals surface area contributed by atoms with Crippen molar-refractivity contribution in [1.29, 1.82) is 0 Å². The van der Waals surface area contributed by atoms with Crippen LogP contribution in [0.4, 0.5) is 10.5 Å². The van der Waals surface area contributed by atoms with E-state index in [9.17, 15) is 24.5 Å². The molecule has 1 aromatic rings. The van der Waals surface area contributed by atoms with Gasteiger partial charge < -0.3 is 10.1 Å². The van der Waals surface area contributed by atoms with Gasteiger partial charge in [-0.15, -0.1) is 0 Å². The first-order valence-corrected chi connectivity index (χ1v) is 8.60. The van der Waals surface area contributed by atoms with Crippen molar-refractivity contribution in [3.05, 3.63) is 46.0 Å². The third-order valence-corrected chi connectivity index (χ3v) is 4.12. The minimum Gasteiger partial charge on any atom is -0.449 e. The maximum Gasteiger partial charge on any atom is 0.331 e. The van der Waals surface area contributed by atoms with Crippen LogP contribution >= 0.6 is 0 Å². The average Bonchev–Trinajstić information content (AvgIpc) is 3.12. The number of hydrogen-bond acceptors (Lipinski definition) is 6. The van der Waals surface area contributed by atoms with Crippen LogP contribution in [-0.2, 0) is 14.3 Å². The van der Waals surface area contributed by atoms with Gasteiger partial charge in [0, 0.05) is 18.2 Å². The Balaban J connectivity index is 1.84. The van der Waals surface area contributed by atoms with Crippen molar-refractivity contribution < 1.29 is 24.0 Å². The topological polar surface area (TPSA) is 128 Å². The predicted molar refractivity (Wildman–Crippen MR) is 96.6 cm³/mol. The lowest BCUT2D eigenvalue weighted by Gasteiger charge is -2.15. The normalized spacial score (nSPS) is 15.3. The number of carbonyl (C=O) groups is 3. The van der Waals surface area contributed by atoms with E-state index in [4.69, 9.17) is 4.74 Å².